The number of hydrogen-bond donors (Lipinski definition) is 1. The van der Waals surface area contributed by atoms with Gasteiger partial charge in [-0.25, -0.2) is 0 Å². The van der Waals surface area contributed by atoms with Crippen LogP contribution in [-0.4, -0.2) is 18.2 Å². The standard InChI is InChI=1S/C9H13NOS/c1-2-10-9(11)4-3-8-5-6-12-7-8/h3-4,7H,2,5-6H2,1H3,(H,10,11)/b4-3+. The molecule has 0 radical (unpaired) electrons. The normalized spacial score (nSPS) is 16.6. The Balaban J connectivity index is 2.33. The molecule has 66 valence electrons. The Bertz CT molecular complexity index is 221. The highest BCUT2D eigenvalue weighted by atomic mass is 32.2. The van der Waals surface area contributed by atoms with E-state index in [-0.39, 0.29) is 5.91 Å². The molecular formula is C9H13NOS. The number of amides is 1. The fourth-order valence-corrected chi connectivity index (χ4v) is 1.82. The molecule has 0 fully saturated rings. The van der Waals surface area contributed by atoms with Crippen LogP contribution in [0.2, 0.25) is 0 Å². The molecule has 0 aromatic rings. The SMILES string of the molecule is CCNC(=O)/C=C/C1=CSCC1. The van der Waals surface area contributed by atoms with Crippen molar-refractivity contribution in [2.75, 3.05) is 12.3 Å². The summed E-state index contributed by atoms with van der Waals surface area (Å²) in [5.74, 6) is 1.14. The topological polar surface area (TPSA) is 29.1 Å². The van der Waals surface area contributed by atoms with Crippen molar-refractivity contribution in [2.24, 2.45) is 0 Å². The molecule has 1 aliphatic heterocycles. The first-order chi connectivity index (χ1) is 5.83. The lowest BCUT2D eigenvalue weighted by molar-refractivity contribution is -0.116. The largest absolute Gasteiger partial charge is 0.353 e. The zero-order valence-electron chi connectivity index (χ0n) is 7.17. The summed E-state index contributed by atoms with van der Waals surface area (Å²) in [7, 11) is 0. The average molecular weight is 183 g/mol. The van der Waals surface area contributed by atoms with Gasteiger partial charge in [-0.1, -0.05) is 6.08 Å². The second-order valence-corrected chi connectivity index (χ2v) is 3.52. The molecule has 0 aromatic heterocycles. The van der Waals surface area contributed by atoms with Crippen LogP contribution in [0.5, 0.6) is 0 Å². The third kappa shape index (κ3) is 3.13. The predicted molar refractivity (Wildman–Crippen MR) is 53.0 cm³/mol. The molecule has 0 bridgehead atoms. The third-order valence-corrected chi connectivity index (χ3v) is 2.45. The van der Waals surface area contributed by atoms with E-state index < -0.39 is 0 Å². The zero-order chi connectivity index (χ0) is 8.81. The van der Waals surface area contributed by atoms with E-state index in [0.717, 1.165) is 12.2 Å². The van der Waals surface area contributed by atoms with Crippen LogP contribution in [0.3, 0.4) is 0 Å². The van der Waals surface area contributed by atoms with Gasteiger partial charge < -0.3 is 5.32 Å². The third-order valence-electron chi connectivity index (χ3n) is 1.54. The molecule has 0 spiro atoms. The minimum absolute atomic E-state index is 0.00435. The Labute approximate surface area is 77.1 Å². The molecule has 0 saturated carbocycles. The second kappa shape index (κ2) is 5.04. The lowest BCUT2D eigenvalue weighted by atomic mass is 10.2. The molecule has 0 unspecified atom stereocenters. The van der Waals surface area contributed by atoms with Crippen LogP contribution in [0, 0.1) is 0 Å². The Morgan fingerprint density at radius 2 is 2.67 bits per heavy atom. The van der Waals surface area contributed by atoms with E-state index in [0.29, 0.717) is 6.54 Å². The molecular weight excluding hydrogens is 170 g/mol. The van der Waals surface area contributed by atoms with Gasteiger partial charge in [-0.2, -0.15) is 0 Å². The molecule has 1 amide bonds. The summed E-state index contributed by atoms with van der Waals surface area (Å²) < 4.78 is 0. The number of thioether (sulfide) groups is 1. The van der Waals surface area contributed by atoms with Crippen LogP contribution >= 0.6 is 11.8 Å². The minimum atomic E-state index is -0.00435. The summed E-state index contributed by atoms with van der Waals surface area (Å²) in [6, 6.07) is 0. The molecule has 2 nitrogen and oxygen atoms in total. The van der Waals surface area contributed by atoms with E-state index in [1.165, 1.54) is 5.57 Å². The van der Waals surface area contributed by atoms with Crippen molar-refractivity contribution in [2.45, 2.75) is 13.3 Å². The van der Waals surface area contributed by atoms with Gasteiger partial charge in [0.1, 0.15) is 0 Å². The first-order valence-corrected chi connectivity index (χ1v) is 5.14. The van der Waals surface area contributed by atoms with Crippen LogP contribution in [0.25, 0.3) is 0 Å². The van der Waals surface area contributed by atoms with Crippen LogP contribution in [0.4, 0.5) is 0 Å². The number of nitrogens with one attached hydrogen (secondary N) is 1. The summed E-state index contributed by atoms with van der Waals surface area (Å²) in [4.78, 5) is 11.0. The van der Waals surface area contributed by atoms with Gasteiger partial charge >= 0.3 is 0 Å². The Hall–Kier alpha value is -0.700. The van der Waals surface area contributed by atoms with Gasteiger partial charge in [0.05, 0.1) is 0 Å². The first-order valence-electron chi connectivity index (χ1n) is 4.09. The summed E-state index contributed by atoms with van der Waals surface area (Å²) in [5, 5.41) is 4.82. The number of hydrogen-bond acceptors (Lipinski definition) is 2. The fourth-order valence-electron chi connectivity index (χ4n) is 0.940. The van der Waals surface area contributed by atoms with Crippen molar-refractivity contribution in [3.05, 3.63) is 23.1 Å². The van der Waals surface area contributed by atoms with E-state index >= 15 is 0 Å². The van der Waals surface area contributed by atoms with Gasteiger partial charge in [0, 0.05) is 18.4 Å². The maximum absolute atomic E-state index is 11.0. The van der Waals surface area contributed by atoms with E-state index in [2.05, 4.69) is 10.7 Å². The minimum Gasteiger partial charge on any atom is -0.353 e. The fraction of sp³-hybridized carbons (Fsp3) is 0.444. The number of carbonyl (C=O) groups excluding carboxylic acids is 1. The molecule has 0 atom stereocenters. The van der Waals surface area contributed by atoms with Crippen molar-refractivity contribution in [3.8, 4) is 0 Å². The molecule has 0 aliphatic carbocycles. The van der Waals surface area contributed by atoms with Gasteiger partial charge in [-0.05, 0) is 24.3 Å². The van der Waals surface area contributed by atoms with Crippen molar-refractivity contribution in [3.63, 3.8) is 0 Å². The van der Waals surface area contributed by atoms with Gasteiger partial charge in [0.15, 0.2) is 0 Å². The lowest BCUT2D eigenvalue weighted by Gasteiger charge is -1.94. The van der Waals surface area contributed by atoms with Crippen LogP contribution < -0.4 is 5.32 Å². The van der Waals surface area contributed by atoms with E-state index in [9.17, 15) is 4.79 Å². The van der Waals surface area contributed by atoms with E-state index in [4.69, 9.17) is 0 Å². The Kier molecular flexibility index (Phi) is 3.94. The van der Waals surface area contributed by atoms with E-state index in [1.54, 1.807) is 17.8 Å². The molecule has 1 aliphatic rings. The van der Waals surface area contributed by atoms with Crippen molar-refractivity contribution in [1.82, 2.24) is 5.32 Å². The number of rotatable bonds is 3. The second-order valence-electron chi connectivity index (χ2n) is 2.54. The first kappa shape index (κ1) is 9.39. The predicted octanol–water partition coefficient (Wildman–Crippen LogP) is 1.70. The summed E-state index contributed by atoms with van der Waals surface area (Å²) in [5.41, 5.74) is 1.26. The molecule has 0 saturated heterocycles. The Morgan fingerprint density at radius 3 is 3.25 bits per heavy atom. The molecule has 0 aromatic carbocycles. The molecule has 1 rings (SSSR count). The Morgan fingerprint density at radius 1 is 1.83 bits per heavy atom. The van der Waals surface area contributed by atoms with Crippen molar-refractivity contribution < 1.29 is 4.79 Å². The molecule has 12 heavy (non-hydrogen) atoms. The van der Waals surface area contributed by atoms with Crippen molar-refractivity contribution in [1.29, 1.82) is 0 Å². The summed E-state index contributed by atoms with van der Waals surface area (Å²) in [6.45, 7) is 2.60. The van der Waals surface area contributed by atoms with Gasteiger partial charge in [0.2, 0.25) is 5.91 Å². The maximum Gasteiger partial charge on any atom is 0.243 e. The molecule has 3 heteroatoms. The van der Waals surface area contributed by atoms with Crippen LogP contribution in [0.15, 0.2) is 23.1 Å². The van der Waals surface area contributed by atoms with Gasteiger partial charge in [0.25, 0.3) is 0 Å². The highest BCUT2D eigenvalue weighted by Crippen LogP contribution is 2.22. The highest BCUT2D eigenvalue weighted by molar-refractivity contribution is 8.02. The van der Waals surface area contributed by atoms with Gasteiger partial charge in [-0.15, -0.1) is 11.8 Å². The van der Waals surface area contributed by atoms with Crippen molar-refractivity contribution >= 4 is 17.7 Å². The number of likely N-dealkylation sites (N-methyl/N-ethyl adjacent to an activating group) is 1. The van der Waals surface area contributed by atoms with E-state index in [1.807, 2.05) is 13.0 Å². The van der Waals surface area contributed by atoms with Gasteiger partial charge in [-0.3, -0.25) is 4.79 Å². The number of carbonyl (C=O) groups is 1. The quantitative estimate of drug-likeness (QED) is 0.675. The smallest absolute Gasteiger partial charge is 0.243 e. The van der Waals surface area contributed by atoms with Crippen LogP contribution in [0.1, 0.15) is 13.3 Å². The average Bonchev–Trinajstić information content (AvgIpc) is 2.53. The monoisotopic (exact) mass is 183 g/mol. The summed E-state index contributed by atoms with van der Waals surface area (Å²) in [6.07, 6.45) is 4.58. The van der Waals surface area contributed by atoms with Crippen LogP contribution in [-0.2, 0) is 4.79 Å². The number of allylic oxidation sites excluding steroid dienone is 2. The zero-order valence-corrected chi connectivity index (χ0v) is 7.99. The summed E-state index contributed by atoms with van der Waals surface area (Å²) >= 11 is 1.80. The molecule has 1 N–H and O–H groups in total. The molecule has 1 heterocycles. The maximum atomic E-state index is 11.0. The highest BCUT2D eigenvalue weighted by Gasteiger charge is 2.01. The lowest BCUT2D eigenvalue weighted by Crippen LogP contribution is -2.19.